The van der Waals surface area contributed by atoms with Gasteiger partial charge in [-0.1, -0.05) is 23.7 Å². The summed E-state index contributed by atoms with van der Waals surface area (Å²) in [6.45, 7) is 4.17. The predicted octanol–water partition coefficient (Wildman–Crippen LogP) is 3.36. The molecule has 1 aliphatic rings. The smallest absolute Gasteiger partial charge is 0.138 e. The molecule has 0 radical (unpaired) electrons. The van der Waals surface area contributed by atoms with Gasteiger partial charge in [0.1, 0.15) is 5.75 Å². The van der Waals surface area contributed by atoms with E-state index >= 15 is 0 Å². The topological polar surface area (TPSA) is 29.5 Å². The molecule has 1 N–H and O–H groups in total. The van der Waals surface area contributed by atoms with Gasteiger partial charge < -0.3 is 9.84 Å². The number of aliphatic hydroxyl groups is 1. The lowest BCUT2D eigenvalue weighted by Crippen LogP contribution is -2.16. The zero-order valence-corrected chi connectivity index (χ0v) is 10.4. The molecule has 0 unspecified atom stereocenters. The number of benzene rings is 1. The maximum absolute atomic E-state index is 9.94. The molecule has 0 amide bonds. The number of ether oxygens (including phenoxy) is 1. The summed E-state index contributed by atoms with van der Waals surface area (Å²) in [5.74, 6) is 1.37. The van der Waals surface area contributed by atoms with Crippen molar-refractivity contribution in [3.05, 3.63) is 28.8 Å². The molecule has 0 bridgehead atoms. The van der Waals surface area contributed by atoms with Gasteiger partial charge in [-0.25, -0.2) is 0 Å². The highest BCUT2D eigenvalue weighted by Crippen LogP contribution is 2.36. The molecule has 0 saturated heterocycles. The number of hydrogen-bond donors (Lipinski definition) is 1. The summed E-state index contributed by atoms with van der Waals surface area (Å²) in [6.07, 6.45) is 2.51. The van der Waals surface area contributed by atoms with E-state index < -0.39 is 5.60 Å². The van der Waals surface area contributed by atoms with E-state index in [0.717, 1.165) is 6.61 Å². The summed E-state index contributed by atoms with van der Waals surface area (Å²) in [7, 11) is 0. The average molecular weight is 241 g/mol. The Bertz CT molecular complexity index is 378. The molecule has 1 aromatic carbocycles. The lowest BCUT2D eigenvalue weighted by Gasteiger charge is -2.20. The zero-order valence-electron chi connectivity index (χ0n) is 9.66. The van der Waals surface area contributed by atoms with Gasteiger partial charge in [-0.15, -0.1) is 0 Å². The molecule has 1 aromatic rings. The molecule has 0 aliphatic heterocycles. The Hall–Kier alpha value is -0.730. The predicted molar refractivity (Wildman–Crippen MR) is 64.9 cm³/mol. The first kappa shape index (κ1) is 11.7. The van der Waals surface area contributed by atoms with Gasteiger partial charge >= 0.3 is 0 Å². The van der Waals surface area contributed by atoms with Crippen molar-refractivity contribution in [3.63, 3.8) is 0 Å². The molecular formula is C13H17ClO2. The standard InChI is InChI=1S/C13H17ClO2/c1-13(2,15)10-4-3-5-11(12(10)14)16-8-9-6-7-9/h3-5,9,15H,6-8H2,1-2H3. The van der Waals surface area contributed by atoms with Crippen molar-refractivity contribution in [1.29, 1.82) is 0 Å². The SMILES string of the molecule is CC(C)(O)c1cccc(OCC2CC2)c1Cl. The van der Waals surface area contributed by atoms with Crippen LogP contribution in [-0.2, 0) is 5.60 Å². The first-order valence-corrected chi connectivity index (χ1v) is 6.00. The second kappa shape index (κ2) is 4.27. The molecule has 3 heteroatoms. The number of hydrogen-bond acceptors (Lipinski definition) is 2. The summed E-state index contributed by atoms with van der Waals surface area (Å²) in [5, 5.41) is 10.5. The molecule has 16 heavy (non-hydrogen) atoms. The summed E-state index contributed by atoms with van der Waals surface area (Å²) >= 11 is 6.21. The third-order valence-electron chi connectivity index (χ3n) is 2.79. The summed E-state index contributed by atoms with van der Waals surface area (Å²) in [5.41, 5.74) is -0.224. The molecule has 0 spiro atoms. The minimum atomic E-state index is -0.934. The van der Waals surface area contributed by atoms with Crippen LogP contribution in [0.2, 0.25) is 5.02 Å². The highest BCUT2D eigenvalue weighted by molar-refractivity contribution is 6.32. The van der Waals surface area contributed by atoms with E-state index in [0.29, 0.717) is 22.3 Å². The third-order valence-corrected chi connectivity index (χ3v) is 3.18. The van der Waals surface area contributed by atoms with Crippen LogP contribution in [0.5, 0.6) is 5.75 Å². The Kier molecular flexibility index (Phi) is 3.13. The number of rotatable bonds is 4. The second-order valence-corrected chi connectivity index (χ2v) is 5.31. The minimum absolute atomic E-state index is 0.524. The van der Waals surface area contributed by atoms with E-state index in [1.54, 1.807) is 13.8 Å². The van der Waals surface area contributed by atoms with Crippen molar-refractivity contribution in [3.8, 4) is 5.75 Å². The Labute approximate surface area is 101 Å². The van der Waals surface area contributed by atoms with Crippen molar-refractivity contribution in [2.24, 2.45) is 5.92 Å². The zero-order chi connectivity index (χ0) is 11.8. The van der Waals surface area contributed by atoms with Gasteiger partial charge in [0.15, 0.2) is 0 Å². The van der Waals surface area contributed by atoms with Crippen LogP contribution in [0.25, 0.3) is 0 Å². The molecule has 1 aliphatic carbocycles. The maximum atomic E-state index is 9.94. The van der Waals surface area contributed by atoms with Crippen molar-refractivity contribution in [2.45, 2.75) is 32.3 Å². The van der Waals surface area contributed by atoms with Gasteiger partial charge in [-0.05, 0) is 38.7 Å². The van der Waals surface area contributed by atoms with Crippen molar-refractivity contribution >= 4 is 11.6 Å². The normalized spacial score (nSPS) is 16.2. The summed E-state index contributed by atoms with van der Waals surface area (Å²) in [6, 6.07) is 5.54. The van der Waals surface area contributed by atoms with Gasteiger partial charge in [-0.3, -0.25) is 0 Å². The van der Waals surface area contributed by atoms with E-state index in [2.05, 4.69) is 0 Å². The van der Waals surface area contributed by atoms with Crippen molar-refractivity contribution in [1.82, 2.24) is 0 Å². The van der Waals surface area contributed by atoms with Crippen LogP contribution in [0.1, 0.15) is 32.3 Å². The molecule has 2 nitrogen and oxygen atoms in total. The molecule has 1 saturated carbocycles. The summed E-state index contributed by atoms with van der Waals surface area (Å²) in [4.78, 5) is 0. The van der Waals surface area contributed by atoms with E-state index in [1.807, 2.05) is 18.2 Å². The summed E-state index contributed by atoms with van der Waals surface area (Å²) < 4.78 is 5.65. The Morgan fingerprint density at radius 2 is 2.12 bits per heavy atom. The van der Waals surface area contributed by atoms with Gasteiger partial charge in [0, 0.05) is 5.56 Å². The highest BCUT2D eigenvalue weighted by atomic mass is 35.5. The van der Waals surface area contributed by atoms with E-state index in [4.69, 9.17) is 16.3 Å². The van der Waals surface area contributed by atoms with Crippen LogP contribution < -0.4 is 4.74 Å². The monoisotopic (exact) mass is 240 g/mol. The van der Waals surface area contributed by atoms with Gasteiger partial charge in [-0.2, -0.15) is 0 Å². The van der Waals surface area contributed by atoms with Crippen LogP contribution >= 0.6 is 11.6 Å². The van der Waals surface area contributed by atoms with Crippen LogP contribution in [-0.4, -0.2) is 11.7 Å². The lowest BCUT2D eigenvalue weighted by molar-refractivity contribution is 0.0783. The van der Waals surface area contributed by atoms with Crippen LogP contribution in [0.15, 0.2) is 18.2 Å². The molecule has 0 aromatic heterocycles. The first-order chi connectivity index (χ1) is 7.48. The first-order valence-electron chi connectivity index (χ1n) is 5.62. The third kappa shape index (κ3) is 2.69. The molecule has 88 valence electrons. The van der Waals surface area contributed by atoms with E-state index in [1.165, 1.54) is 12.8 Å². The van der Waals surface area contributed by atoms with Gasteiger partial charge in [0.25, 0.3) is 0 Å². The van der Waals surface area contributed by atoms with Crippen LogP contribution in [0.4, 0.5) is 0 Å². The fourth-order valence-corrected chi connectivity index (χ4v) is 2.00. The molecular weight excluding hydrogens is 224 g/mol. The molecule has 1 fully saturated rings. The Morgan fingerprint density at radius 3 is 2.69 bits per heavy atom. The fraction of sp³-hybridized carbons (Fsp3) is 0.538. The lowest BCUT2D eigenvalue weighted by atomic mass is 9.98. The minimum Gasteiger partial charge on any atom is -0.492 e. The van der Waals surface area contributed by atoms with Crippen LogP contribution in [0.3, 0.4) is 0 Å². The fourth-order valence-electron chi connectivity index (χ4n) is 1.59. The number of halogens is 1. The highest BCUT2D eigenvalue weighted by Gasteiger charge is 2.24. The van der Waals surface area contributed by atoms with Gasteiger partial charge in [0.2, 0.25) is 0 Å². The van der Waals surface area contributed by atoms with Crippen LogP contribution in [0, 0.1) is 5.92 Å². The van der Waals surface area contributed by atoms with Gasteiger partial charge in [0.05, 0.1) is 17.2 Å². The van der Waals surface area contributed by atoms with Crippen molar-refractivity contribution in [2.75, 3.05) is 6.61 Å². The molecule has 2 rings (SSSR count). The average Bonchev–Trinajstić information content (AvgIpc) is 2.98. The van der Waals surface area contributed by atoms with E-state index in [9.17, 15) is 5.11 Å². The quantitative estimate of drug-likeness (QED) is 0.875. The Morgan fingerprint density at radius 1 is 1.44 bits per heavy atom. The molecule has 0 heterocycles. The Balaban J connectivity index is 2.17. The second-order valence-electron chi connectivity index (χ2n) is 4.93. The largest absolute Gasteiger partial charge is 0.492 e. The maximum Gasteiger partial charge on any atom is 0.138 e. The molecule has 0 atom stereocenters. The van der Waals surface area contributed by atoms with Crippen molar-refractivity contribution < 1.29 is 9.84 Å². The van der Waals surface area contributed by atoms with E-state index in [-0.39, 0.29) is 0 Å².